The van der Waals surface area contributed by atoms with Gasteiger partial charge in [-0.1, -0.05) is 13.0 Å². The van der Waals surface area contributed by atoms with Gasteiger partial charge in [0.05, 0.1) is 4.90 Å². The molecular weight excluding hydrogens is 372 g/mol. The zero-order valence-electron chi connectivity index (χ0n) is 12.3. The molecule has 1 heterocycles. The van der Waals surface area contributed by atoms with Crippen LogP contribution in [0.15, 0.2) is 27.6 Å². The van der Waals surface area contributed by atoms with Crippen LogP contribution in [0, 0.1) is 0 Å². The van der Waals surface area contributed by atoms with Gasteiger partial charge in [0.25, 0.3) is 0 Å². The molecule has 0 aliphatic carbocycles. The largest absolute Gasteiger partial charge is 0.313 e. The van der Waals surface area contributed by atoms with Crippen molar-refractivity contribution in [3.63, 3.8) is 0 Å². The minimum atomic E-state index is -3.46. The van der Waals surface area contributed by atoms with Crippen LogP contribution in [0.3, 0.4) is 0 Å². The lowest BCUT2D eigenvalue weighted by Crippen LogP contribution is -2.37. The summed E-state index contributed by atoms with van der Waals surface area (Å²) < 4.78 is 27.8. The van der Waals surface area contributed by atoms with Gasteiger partial charge in [-0.05, 0) is 52.3 Å². The van der Waals surface area contributed by atoms with Crippen molar-refractivity contribution >= 4 is 37.7 Å². The van der Waals surface area contributed by atoms with Gasteiger partial charge in [0.1, 0.15) is 0 Å². The maximum Gasteiger partial charge on any atom is 0.244 e. The monoisotopic (exact) mass is 392 g/mol. The first-order chi connectivity index (χ1) is 9.96. The summed E-state index contributed by atoms with van der Waals surface area (Å²) in [4.78, 5) is 0.359. The molecule has 1 atom stereocenters. The number of halogens is 1. The predicted molar refractivity (Wildman–Crippen MR) is 92.2 cm³/mol. The third-order valence-electron chi connectivity index (χ3n) is 3.65. The zero-order valence-corrected chi connectivity index (χ0v) is 15.5. The molecule has 0 saturated carbocycles. The summed E-state index contributed by atoms with van der Waals surface area (Å²) in [5, 5.41) is 3.22. The van der Waals surface area contributed by atoms with E-state index in [0.717, 1.165) is 30.0 Å². The van der Waals surface area contributed by atoms with Gasteiger partial charge in [0, 0.05) is 29.9 Å². The molecule has 2 rings (SSSR count). The SMILES string of the molecule is CCNCc1ccc(Br)c(S(=O)(=O)N(C)C2CCSC2)c1. The minimum absolute atomic E-state index is 0.101. The third-order valence-corrected chi connectivity index (χ3v) is 7.70. The van der Waals surface area contributed by atoms with Crippen LogP contribution in [0.5, 0.6) is 0 Å². The van der Waals surface area contributed by atoms with Gasteiger partial charge < -0.3 is 5.32 Å². The summed E-state index contributed by atoms with van der Waals surface area (Å²) in [5.74, 6) is 1.91. The average molecular weight is 393 g/mol. The Bertz CT molecular complexity index is 587. The quantitative estimate of drug-likeness (QED) is 0.808. The highest BCUT2D eigenvalue weighted by molar-refractivity contribution is 9.10. The lowest BCUT2D eigenvalue weighted by molar-refractivity contribution is 0.394. The summed E-state index contributed by atoms with van der Waals surface area (Å²) in [6, 6.07) is 5.62. The van der Waals surface area contributed by atoms with Crippen molar-refractivity contribution in [2.45, 2.75) is 30.8 Å². The molecule has 118 valence electrons. The van der Waals surface area contributed by atoms with E-state index in [9.17, 15) is 8.42 Å². The number of sulfonamides is 1. The number of nitrogens with zero attached hydrogens (tertiary/aromatic N) is 1. The van der Waals surface area contributed by atoms with Gasteiger partial charge in [-0.2, -0.15) is 16.1 Å². The first kappa shape index (κ1) is 17.3. The molecule has 1 aliphatic rings. The van der Waals surface area contributed by atoms with E-state index >= 15 is 0 Å². The average Bonchev–Trinajstić information content (AvgIpc) is 2.99. The Morgan fingerprint density at radius 1 is 1.48 bits per heavy atom. The van der Waals surface area contributed by atoms with Crippen LogP contribution >= 0.6 is 27.7 Å². The van der Waals surface area contributed by atoms with Crippen LogP contribution in [0.1, 0.15) is 18.9 Å². The fraction of sp³-hybridized carbons (Fsp3) is 0.571. The van der Waals surface area contributed by atoms with E-state index in [0.29, 0.717) is 15.9 Å². The normalized spacial score (nSPS) is 19.3. The molecule has 1 aliphatic heterocycles. The van der Waals surface area contributed by atoms with Gasteiger partial charge in [0.2, 0.25) is 10.0 Å². The number of rotatable bonds is 6. The van der Waals surface area contributed by atoms with Crippen molar-refractivity contribution < 1.29 is 8.42 Å². The van der Waals surface area contributed by atoms with Crippen molar-refractivity contribution in [2.75, 3.05) is 25.1 Å². The molecule has 0 bridgehead atoms. The summed E-state index contributed by atoms with van der Waals surface area (Å²) in [6.07, 6.45) is 0.926. The first-order valence-electron chi connectivity index (χ1n) is 7.01. The summed E-state index contributed by atoms with van der Waals surface area (Å²) >= 11 is 5.19. The van der Waals surface area contributed by atoms with E-state index in [1.54, 1.807) is 13.1 Å². The Balaban J connectivity index is 2.29. The molecule has 1 saturated heterocycles. The second-order valence-corrected chi connectivity index (χ2v) is 9.05. The van der Waals surface area contributed by atoms with Crippen LogP contribution in [0.2, 0.25) is 0 Å². The van der Waals surface area contributed by atoms with Gasteiger partial charge in [0.15, 0.2) is 0 Å². The Kier molecular flexibility index (Phi) is 6.14. The van der Waals surface area contributed by atoms with Crippen molar-refractivity contribution in [1.82, 2.24) is 9.62 Å². The highest BCUT2D eigenvalue weighted by Crippen LogP contribution is 2.30. The smallest absolute Gasteiger partial charge is 0.244 e. The molecule has 1 aromatic carbocycles. The van der Waals surface area contributed by atoms with Crippen molar-refractivity contribution in [3.05, 3.63) is 28.2 Å². The molecule has 21 heavy (non-hydrogen) atoms. The highest BCUT2D eigenvalue weighted by atomic mass is 79.9. The zero-order chi connectivity index (χ0) is 15.5. The molecule has 0 amide bonds. The number of benzene rings is 1. The Hall–Kier alpha value is -0.0800. The molecular formula is C14H21BrN2O2S2. The molecule has 0 radical (unpaired) electrons. The van der Waals surface area contributed by atoms with E-state index in [1.807, 2.05) is 30.8 Å². The standard InChI is InChI=1S/C14H21BrN2O2S2/c1-3-16-9-11-4-5-13(15)14(8-11)21(18,19)17(2)12-6-7-20-10-12/h4-5,8,12,16H,3,6-7,9-10H2,1-2H3. The van der Waals surface area contributed by atoms with Crippen molar-refractivity contribution in [3.8, 4) is 0 Å². The summed E-state index contributed by atoms with van der Waals surface area (Å²) in [5.41, 5.74) is 0.979. The lowest BCUT2D eigenvalue weighted by atomic mass is 10.2. The van der Waals surface area contributed by atoms with Gasteiger partial charge in [-0.15, -0.1) is 0 Å². The van der Waals surface area contributed by atoms with E-state index in [4.69, 9.17) is 0 Å². The summed E-state index contributed by atoms with van der Waals surface area (Å²) in [6.45, 7) is 3.56. The van der Waals surface area contributed by atoms with E-state index in [2.05, 4.69) is 21.2 Å². The second-order valence-electron chi connectivity index (χ2n) is 5.08. The van der Waals surface area contributed by atoms with Crippen LogP contribution in [-0.2, 0) is 16.6 Å². The fourth-order valence-electron chi connectivity index (χ4n) is 2.28. The third kappa shape index (κ3) is 4.01. The molecule has 1 aromatic rings. The molecule has 4 nitrogen and oxygen atoms in total. The van der Waals surface area contributed by atoms with E-state index in [-0.39, 0.29) is 6.04 Å². The Morgan fingerprint density at radius 2 is 2.24 bits per heavy atom. The Labute approximate surface area is 139 Å². The van der Waals surface area contributed by atoms with Gasteiger partial charge in [-0.25, -0.2) is 8.42 Å². The summed E-state index contributed by atoms with van der Waals surface area (Å²) in [7, 11) is -1.77. The molecule has 7 heteroatoms. The van der Waals surface area contributed by atoms with Crippen LogP contribution in [0.4, 0.5) is 0 Å². The highest BCUT2D eigenvalue weighted by Gasteiger charge is 2.31. The van der Waals surface area contributed by atoms with E-state index < -0.39 is 10.0 Å². The van der Waals surface area contributed by atoms with Gasteiger partial charge in [-0.3, -0.25) is 0 Å². The van der Waals surface area contributed by atoms with Crippen molar-refractivity contribution in [1.29, 1.82) is 0 Å². The topological polar surface area (TPSA) is 49.4 Å². The molecule has 1 N–H and O–H groups in total. The lowest BCUT2D eigenvalue weighted by Gasteiger charge is -2.24. The fourth-order valence-corrected chi connectivity index (χ4v) is 6.00. The Morgan fingerprint density at radius 3 is 2.86 bits per heavy atom. The molecule has 1 fully saturated rings. The van der Waals surface area contributed by atoms with Crippen molar-refractivity contribution in [2.24, 2.45) is 0 Å². The number of nitrogens with one attached hydrogen (secondary N) is 1. The maximum atomic E-state index is 12.8. The number of hydrogen-bond acceptors (Lipinski definition) is 4. The molecule has 0 spiro atoms. The van der Waals surface area contributed by atoms with Crippen LogP contribution in [-0.4, -0.2) is 43.9 Å². The van der Waals surface area contributed by atoms with E-state index in [1.165, 1.54) is 4.31 Å². The minimum Gasteiger partial charge on any atom is -0.313 e. The predicted octanol–water partition coefficient (Wildman–Crippen LogP) is 2.68. The van der Waals surface area contributed by atoms with Gasteiger partial charge >= 0.3 is 0 Å². The second kappa shape index (κ2) is 7.46. The molecule has 1 unspecified atom stereocenters. The molecule has 0 aromatic heterocycles. The maximum absolute atomic E-state index is 12.8. The van der Waals surface area contributed by atoms with Crippen LogP contribution < -0.4 is 5.32 Å². The number of hydrogen-bond donors (Lipinski definition) is 1. The number of thioether (sulfide) groups is 1. The first-order valence-corrected chi connectivity index (χ1v) is 10.4. The van der Waals surface area contributed by atoms with Crippen LogP contribution in [0.25, 0.3) is 0 Å².